The van der Waals surface area contributed by atoms with Gasteiger partial charge in [0.2, 0.25) is 0 Å². The van der Waals surface area contributed by atoms with E-state index in [-0.39, 0.29) is 18.2 Å². The Morgan fingerprint density at radius 1 is 1.43 bits per heavy atom. The second kappa shape index (κ2) is 7.27. The fourth-order valence-electron chi connectivity index (χ4n) is 1.83. The van der Waals surface area contributed by atoms with Gasteiger partial charge in [-0.1, -0.05) is 29.1 Å². The van der Waals surface area contributed by atoms with Gasteiger partial charge in [-0.3, -0.25) is 4.79 Å². The largest absolute Gasteiger partial charge is 0.395 e. The molecule has 1 heterocycles. The highest BCUT2D eigenvalue weighted by molar-refractivity contribution is 5.91. The number of aliphatic hydroxyl groups excluding tert-OH is 1. The Kier molecular flexibility index (Phi) is 5.13. The van der Waals surface area contributed by atoms with Crippen LogP contribution in [0.5, 0.6) is 0 Å². The smallest absolute Gasteiger partial charge is 0.276 e. The number of hydrogen-bond donors (Lipinski definition) is 1. The van der Waals surface area contributed by atoms with E-state index in [1.54, 1.807) is 11.9 Å². The molecule has 2 aromatic rings. The molecule has 21 heavy (non-hydrogen) atoms. The van der Waals surface area contributed by atoms with Gasteiger partial charge in [0.05, 0.1) is 6.61 Å². The average Bonchev–Trinajstić information content (AvgIpc) is 3.01. The molecule has 5 heteroatoms. The first-order valence-electron chi connectivity index (χ1n) is 6.55. The van der Waals surface area contributed by atoms with E-state index >= 15 is 0 Å². The molecule has 0 fully saturated rings. The van der Waals surface area contributed by atoms with E-state index in [2.05, 4.69) is 21.5 Å². The fourth-order valence-corrected chi connectivity index (χ4v) is 1.83. The van der Waals surface area contributed by atoms with Crippen LogP contribution in [0.4, 0.5) is 0 Å². The molecule has 1 aromatic heterocycles. The van der Waals surface area contributed by atoms with Crippen molar-refractivity contribution in [1.82, 2.24) is 10.1 Å². The molecule has 2 rings (SSSR count). The Balaban J connectivity index is 2.04. The zero-order valence-corrected chi connectivity index (χ0v) is 11.7. The lowest BCUT2D eigenvalue weighted by Crippen LogP contribution is -2.26. The maximum absolute atomic E-state index is 12.1. The predicted octanol–water partition coefficient (Wildman–Crippen LogP) is 1.68. The Morgan fingerprint density at radius 2 is 2.29 bits per heavy atom. The summed E-state index contributed by atoms with van der Waals surface area (Å²) in [5.41, 5.74) is 2.13. The summed E-state index contributed by atoms with van der Waals surface area (Å²) in [6.45, 7) is 0.517. The second-order valence-corrected chi connectivity index (χ2v) is 4.52. The van der Waals surface area contributed by atoms with Crippen molar-refractivity contribution in [2.45, 2.75) is 13.0 Å². The number of hydrogen-bond acceptors (Lipinski definition) is 4. The molecule has 0 spiro atoms. The molecule has 0 radical (unpaired) electrons. The van der Waals surface area contributed by atoms with E-state index in [0.29, 0.717) is 13.0 Å². The molecule has 108 valence electrons. The SMILES string of the molecule is CN(Cc1cccc(C#CCCO)c1)C(=O)c1ccon1. The molecule has 0 aliphatic carbocycles. The highest BCUT2D eigenvalue weighted by atomic mass is 16.5. The third kappa shape index (κ3) is 4.20. The Bertz CT molecular complexity index is 654. The lowest BCUT2D eigenvalue weighted by molar-refractivity contribution is 0.0774. The standard InChI is InChI=1S/C16H16N2O3/c1-18(16(20)15-8-10-21-17-15)12-14-7-4-6-13(11-14)5-2-3-9-19/h4,6-8,10-11,19H,3,9,12H2,1H3. The van der Waals surface area contributed by atoms with Crippen LogP contribution in [0.2, 0.25) is 0 Å². The van der Waals surface area contributed by atoms with E-state index in [9.17, 15) is 4.79 Å². The van der Waals surface area contributed by atoms with Gasteiger partial charge in [0.25, 0.3) is 5.91 Å². The van der Waals surface area contributed by atoms with E-state index < -0.39 is 0 Å². The Hall–Kier alpha value is -2.58. The van der Waals surface area contributed by atoms with Crippen LogP contribution in [0.25, 0.3) is 0 Å². The zero-order valence-electron chi connectivity index (χ0n) is 11.7. The monoisotopic (exact) mass is 284 g/mol. The number of amides is 1. The Morgan fingerprint density at radius 3 is 3.00 bits per heavy atom. The number of aromatic nitrogens is 1. The van der Waals surface area contributed by atoms with Crippen LogP contribution in [0, 0.1) is 11.8 Å². The van der Waals surface area contributed by atoms with E-state index in [0.717, 1.165) is 11.1 Å². The quantitative estimate of drug-likeness (QED) is 0.867. The molecule has 5 nitrogen and oxygen atoms in total. The number of benzene rings is 1. The van der Waals surface area contributed by atoms with Crippen molar-refractivity contribution >= 4 is 5.91 Å². The van der Waals surface area contributed by atoms with Crippen molar-refractivity contribution in [2.24, 2.45) is 0 Å². The highest BCUT2D eigenvalue weighted by Crippen LogP contribution is 2.09. The average molecular weight is 284 g/mol. The molecule has 0 atom stereocenters. The molecule has 1 N–H and O–H groups in total. The first kappa shape index (κ1) is 14.8. The van der Waals surface area contributed by atoms with Crippen LogP contribution in [0.15, 0.2) is 41.1 Å². The van der Waals surface area contributed by atoms with Gasteiger partial charge in [-0.15, -0.1) is 0 Å². The normalized spacial score (nSPS) is 9.81. The number of carbonyl (C=O) groups is 1. The van der Waals surface area contributed by atoms with Gasteiger partial charge < -0.3 is 14.5 Å². The minimum absolute atomic E-state index is 0.0572. The van der Waals surface area contributed by atoms with Crippen molar-refractivity contribution in [3.8, 4) is 11.8 Å². The molecule has 0 saturated carbocycles. The summed E-state index contributed by atoms with van der Waals surface area (Å²) >= 11 is 0. The molecule has 0 unspecified atom stereocenters. The number of nitrogens with zero attached hydrogens (tertiary/aromatic N) is 2. The molecule has 0 bridgehead atoms. The zero-order chi connectivity index (χ0) is 15.1. The summed E-state index contributed by atoms with van der Waals surface area (Å²) in [4.78, 5) is 13.6. The number of aliphatic hydroxyl groups is 1. The van der Waals surface area contributed by atoms with Crippen LogP contribution in [0.3, 0.4) is 0 Å². The Labute approximate surface area is 123 Å². The predicted molar refractivity (Wildman–Crippen MR) is 77.3 cm³/mol. The van der Waals surface area contributed by atoms with Gasteiger partial charge >= 0.3 is 0 Å². The van der Waals surface area contributed by atoms with Gasteiger partial charge in [0.15, 0.2) is 5.69 Å². The molecule has 1 aromatic carbocycles. The summed E-state index contributed by atoms with van der Waals surface area (Å²) in [6.07, 6.45) is 1.83. The third-order valence-corrected chi connectivity index (χ3v) is 2.82. The van der Waals surface area contributed by atoms with Crippen molar-refractivity contribution < 1.29 is 14.4 Å². The van der Waals surface area contributed by atoms with Crippen LogP contribution in [-0.4, -0.2) is 34.7 Å². The summed E-state index contributed by atoms with van der Waals surface area (Å²) in [5.74, 6) is 5.66. The first-order valence-corrected chi connectivity index (χ1v) is 6.55. The van der Waals surface area contributed by atoms with Crippen molar-refractivity contribution in [1.29, 1.82) is 0 Å². The van der Waals surface area contributed by atoms with Crippen molar-refractivity contribution in [2.75, 3.05) is 13.7 Å². The third-order valence-electron chi connectivity index (χ3n) is 2.82. The highest BCUT2D eigenvalue weighted by Gasteiger charge is 2.14. The minimum atomic E-state index is -0.194. The maximum Gasteiger partial charge on any atom is 0.276 e. The van der Waals surface area contributed by atoms with Crippen LogP contribution in [-0.2, 0) is 6.54 Å². The van der Waals surface area contributed by atoms with Crippen LogP contribution < -0.4 is 0 Å². The fraction of sp³-hybridized carbons (Fsp3) is 0.250. The minimum Gasteiger partial charge on any atom is -0.395 e. The van der Waals surface area contributed by atoms with E-state index in [1.165, 1.54) is 12.3 Å². The van der Waals surface area contributed by atoms with Crippen LogP contribution >= 0.6 is 0 Å². The second-order valence-electron chi connectivity index (χ2n) is 4.52. The summed E-state index contributed by atoms with van der Waals surface area (Å²) in [6, 6.07) is 9.19. The molecule has 0 aliphatic rings. The number of rotatable bonds is 4. The van der Waals surface area contributed by atoms with Crippen molar-refractivity contribution in [3.63, 3.8) is 0 Å². The van der Waals surface area contributed by atoms with E-state index in [1.807, 2.05) is 24.3 Å². The van der Waals surface area contributed by atoms with Gasteiger partial charge in [-0.2, -0.15) is 0 Å². The summed E-state index contributed by atoms with van der Waals surface area (Å²) in [5, 5.41) is 12.3. The lowest BCUT2D eigenvalue weighted by Gasteiger charge is -2.15. The van der Waals surface area contributed by atoms with Crippen molar-refractivity contribution in [3.05, 3.63) is 53.4 Å². The van der Waals surface area contributed by atoms with Crippen LogP contribution in [0.1, 0.15) is 28.0 Å². The maximum atomic E-state index is 12.1. The molecular weight excluding hydrogens is 268 g/mol. The van der Waals surface area contributed by atoms with Gasteiger partial charge in [-0.05, 0) is 17.7 Å². The van der Waals surface area contributed by atoms with E-state index in [4.69, 9.17) is 5.11 Å². The summed E-state index contributed by atoms with van der Waals surface area (Å²) < 4.78 is 4.67. The lowest BCUT2D eigenvalue weighted by atomic mass is 10.1. The molecule has 0 aliphatic heterocycles. The summed E-state index contributed by atoms with van der Waals surface area (Å²) in [7, 11) is 1.71. The topological polar surface area (TPSA) is 66.6 Å². The van der Waals surface area contributed by atoms with Gasteiger partial charge in [0, 0.05) is 31.6 Å². The molecule has 1 amide bonds. The van der Waals surface area contributed by atoms with Gasteiger partial charge in [-0.25, -0.2) is 0 Å². The number of carbonyl (C=O) groups excluding carboxylic acids is 1. The molecular formula is C16H16N2O3. The molecule has 0 saturated heterocycles. The van der Waals surface area contributed by atoms with Gasteiger partial charge in [0.1, 0.15) is 6.26 Å². The first-order chi connectivity index (χ1) is 10.2.